The lowest BCUT2D eigenvalue weighted by atomic mass is 10.1. The lowest BCUT2D eigenvalue weighted by Crippen LogP contribution is -2.38. The Balaban J connectivity index is 1.70. The molecule has 2 aromatic rings. The number of morpholine rings is 1. The van der Waals surface area contributed by atoms with Crippen LogP contribution in [0.25, 0.3) is 0 Å². The van der Waals surface area contributed by atoms with Gasteiger partial charge in [0.2, 0.25) is 0 Å². The number of H-pyrrole nitrogens is 1. The SMILES string of the molecule is Cc1cn[nH]c1CN1CCOC(c2ccc(F)c(F)c2)C1. The minimum atomic E-state index is -0.836. The Hall–Kier alpha value is -1.79. The Morgan fingerprint density at radius 3 is 2.95 bits per heavy atom. The molecule has 1 aromatic carbocycles. The number of hydrogen-bond donors (Lipinski definition) is 1. The van der Waals surface area contributed by atoms with Crippen molar-refractivity contribution < 1.29 is 13.5 Å². The topological polar surface area (TPSA) is 41.2 Å². The van der Waals surface area contributed by atoms with Crippen molar-refractivity contribution in [2.24, 2.45) is 0 Å². The van der Waals surface area contributed by atoms with Crippen LogP contribution in [-0.4, -0.2) is 34.8 Å². The molecule has 1 atom stereocenters. The number of aromatic nitrogens is 2. The van der Waals surface area contributed by atoms with Gasteiger partial charge in [0.25, 0.3) is 0 Å². The fourth-order valence-corrected chi connectivity index (χ4v) is 2.52. The van der Waals surface area contributed by atoms with Crippen LogP contribution in [0, 0.1) is 18.6 Å². The van der Waals surface area contributed by atoms with Crippen molar-refractivity contribution >= 4 is 0 Å². The fraction of sp³-hybridized carbons (Fsp3) is 0.400. The van der Waals surface area contributed by atoms with Gasteiger partial charge < -0.3 is 4.74 Å². The predicted octanol–water partition coefficient (Wildman–Crippen LogP) is 2.57. The molecule has 0 aliphatic carbocycles. The highest BCUT2D eigenvalue weighted by atomic mass is 19.2. The Morgan fingerprint density at radius 1 is 1.38 bits per heavy atom. The Kier molecular flexibility index (Phi) is 3.98. The second kappa shape index (κ2) is 5.91. The smallest absolute Gasteiger partial charge is 0.159 e. The van der Waals surface area contributed by atoms with E-state index in [1.807, 2.05) is 6.92 Å². The summed E-state index contributed by atoms with van der Waals surface area (Å²) < 4.78 is 32.0. The molecule has 6 heteroatoms. The van der Waals surface area contributed by atoms with Crippen molar-refractivity contribution in [2.45, 2.75) is 19.6 Å². The van der Waals surface area contributed by atoms with Crippen LogP contribution in [0.4, 0.5) is 8.78 Å². The molecular weight excluding hydrogens is 276 g/mol. The summed E-state index contributed by atoms with van der Waals surface area (Å²) in [5, 5.41) is 6.99. The molecule has 1 N–H and O–H groups in total. The largest absolute Gasteiger partial charge is 0.371 e. The molecule has 0 saturated carbocycles. The molecule has 0 radical (unpaired) electrons. The maximum absolute atomic E-state index is 13.3. The van der Waals surface area contributed by atoms with Gasteiger partial charge in [-0.3, -0.25) is 10.00 Å². The summed E-state index contributed by atoms with van der Waals surface area (Å²) in [6.07, 6.45) is 1.56. The molecule has 1 aromatic heterocycles. The van der Waals surface area contributed by atoms with Crippen LogP contribution in [0.15, 0.2) is 24.4 Å². The number of hydrogen-bond acceptors (Lipinski definition) is 3. The standard InChI is InChI=1S/C15H17F2N3O/c1-10-7-18-19-14(10)8-20-4-5-21-15(9-20)11-2-3-12(16)13(17)6-11/h2-3,6-7,15H,4-5,8-9H2,1H3,(H,18,19). The Labute approximate surface area is 121 Å². The van der Waals surface area contributed by atoms with Gasteiger partial charge in [-0.2, -0.15) is 5.10 Å². The summed E-state index contributed by atoms with van der Waals surface area (Å²) in [5.41, 5.74) is 2.85. The van der Waals surface area contributed by atoms with Crippen molar-refractivity contribution in [1.29, 1.82) is 0 Å². The monoisotopic (exact) mass is 293 g/mol. The first-order valence-electron chi connectivity index (χ1n) is 6.91. The van der Waals surface area contributed by atoms with Gasteiger partial charge in [-0.05, 0) is 30.2 Å². The van der Waals surface area contributed by atoms with E-state index in [2.05, 4.69) is 15.1 Å². The molecule has 21 heavy (non-hydrogen) atoms. The lowest BCUT2D eigenvalue weighted by molar-refractivity contribution is -0.0335. The quantitative estimate of drug-likeness (QED) is 0.945. The van der Waals surface area contributed by atoms with E-state index in [9.17, 15) is 8.78 Å². The van der Waals surface area contributed by atoms with Crippen molar-refractivity contribution in [2.75, 3.05) is 19.7 Å². The van der Waals surface area contributed by atoms with Gasteiger partial charge in [0.15, 0.2) is 11.6 Å². The fourth-order valence-electron chi connectivity index (χ4n) is 2.52. The summed E-state index contributed by atoms with van der Waals surface area (Å²) in [4.78, 5) is 2.22. The summed E-state index contributed by atoms with van der Waals surface area (Å²) in [6, 6.07) is 3.94. The summed E-state index contributed by atoms with van der Waals surface area (Å²) in [7, 11) is 0. The normalized spacial score (nSPS) is 19.9. The van der Waals surface area contributed by atoms with Gasteiger partial charge in [-0.1, -0.05) is 6.07 Å². The second-order valence-electron chi connectivity index (χ2n) is 5.30. The number of ether oxygens (including phenoxy) is 1. The third-order valence-electron chi connectivity index (χ3n) is 3.78. The third-order valence-corrected chi connectivity index (χ3v) is 3.78. The van der Waals surface area contributed by atoms with E-state index in [0.29, 0.717) is 18.7 Å². The van der Waals surface area contributed by atoms with Crippen molar-refractivity contribution in [3.05, 3.63) is 52.9 Å². The molecule has 4 nitrogen and oxygen atoms in total. The van der Waals surface area contributed by atoms with Crippen LogP contribution < -0.4 is 0 Å². The number of nitrogens with zero attached hydrogens (tertiary/aromatic N) is 2. The molecule has 3 rings (SSSR count). The third kappa shape index (κ3) is 3.11. The van der Waals surface area contributed by atoms with E-state index in [0.717, 1.165) is 30.4 Å². The zero-order valence-corrected chi connectivity index (χ0v) is 11.8. The summed E-state index contributed by atoms with van der Waals surface area (Å²) in [5.74, 6) is -1.67. The first kappa shape index (κ1) is 14.2. The molecule has 0 bridgehead atoms. The molecule has 1 unspecified atom stereocenters. The predicted molar refractivity (Wildman–Crippen MR) is 73.7 cm³/mol. The van der Waals surface area contributed by atoms with Crippen LogP contribution in [0.5, 0.6) is 0 Å². The summed E-state index contributed by atoms with van der Waals surface area (Å²) >= 11 is 0. The number of benzene rings is 1. The average molecular weight is 293 g/mol. The Bertz CT molecular complexity index is 629. The molecule has 0 spiro atoms. The van der Waals surface area contributed by atoms with Gasteiger partial charge in [-0.15, -0.1) is 0 Å². The average Bonchev–Trinajstić information content (AvgIpc) is 2.88. The highest BCUT2D eigenvalue weighted by Gasteiger charge is 2.23. The first-order chi connectivity index (χ1) is 10.1. The van der Waals surface area contributed by atoms with E-state index in [1.165, 1.54) is 6.07 Å². The highest BCUT2D eigenvalue weighted by molar-refractivity contribution is 5.21. The molecule has 1 aliphatic heterocycles. The van der Waals surface area contributed by atoms with Crippen molar-refractivity contribution in [3.63, 3.8) is 0 Å². The molecule has 2 heterocycles. The second-order valence-corrected chi connectivity index (χ2v) is 5.30. The zero-order valence-electron chi connectivity index (χ0n) is 11.8. The van der Waals surface area contributed by atoms with Gasteiger partial charge >= 0.3 is 0 Å². The first-order valence-corrected chi connectivity index (χ1v) is 6.91. The minimum absolute atomic E-state index is 0.239. The molecule has 1 saturated heterocycles. The Morgan fingerprint density at radius 2 is 2.24 bits per heavy atom. The van der Waals surface area contributed by atoms with E-state index < -0.39 is 11.6 Å². The van der Waals surface area contributed by atoms with Crippen molar-refractivity contribution in [1.82, 2.24) is 15.1 Å². The van der Waals surface area contributed by atoms with Gasteiger partial charge in [0, 0.05) is 19.6 Å². The minimum Gasteiger partial charge on any atom is -0.371 e. The molecular formula is C15H17F2N3O. The number of halogens is 2. The van der Waals surface area contributed by atoms with E-state index in [1.54, 1.807) is 12.3 Å². The lowest BCUT2D eigenvalue weighted by Gasteiger charge is -2.33. The zero-order chi connectivity index (χ0) is 14.8. The number of rotatable bonds is 3. The molecule has 0 amide bonds. The number of aryl methyl sites for hydroxylation is 1. The van der Waals surface area contributed by atoms with Crippen molar-refractivity contribution in [3.8, 4) is 0 Å². The van der Waals surface area contributed by atoms with Crippen LogP contribution in [0.3, 0.4) is 0 Å². The van der Waals surface area contributed by atoms with Crippen LogP contribution in [0.1, 0.15) is 22.9 Å². The molecule has 1 aliphatic rings. The van der Waals surface area contributed by atoms with Gasteiger partial charge in [0.1, 0.15) is 0 Å². The molecule has 1 fully saturated rings. The van der Waals surface area contributed by atoms with E-state index in [4.69, 9.17) is 4.74 Å². The van der Waals surface area contributed by atoms with E-state index in [-0.39, 0.29) is 6.10 Å². The van der Waals surface area contributed by atoms with Crippen LogP contribution in [0.2, 0.25) is 0 Å². The molecule has 112 valence electrons. The van der Waals surface area contributed by atoms with Crippen LogP contribution in [-0.2, 0) is 11.3 Å². The highest BCUT2D eigenvalue weighted by Crippen LogP contribution is 2.24. The van der Waals surface area contributed by atoms with Gasteiger partial charge in [-0.25, -0.2) is 8.78 Å². The van der Waals surface area contributed by atoms with E-state index >= 15 is 0 Å². The van der Waals surface area contributed by atoms with Gasteiger partial charge in [0.05, 0.1) is 24.6 Å². The maximum Gasteiger partial charge on any atom is 0.159 e. The summed E-state index contributed by atoms with van der Waals surface area (Å²) in [6.45, 7) is 4.76. The number of aromatic amines is 1. The number of nitrogens with one attached hydrogen (secondary N) is 1. The maximum atomic E-state index is 13.3. The van der Waals surface area contributed by atoms with Crippen LogP contribution >= 0.6 is 0 Å².